The van der Waals surface area contributed by atoms with Crippen molar-refractivity contribution in [1.82, 2.24) is 5.32 Å². The van der Waals surface area contributed by atoms with Crippen molar-refractivity contribution in [3.05, 3.63) is 15.8 Å². The number of nitrogen functional groups attached to an aromatic ring is 1. The number of aryl methyl sites for hydroxylation is 1. The van der Waals surface area contributed by atoms with Crippen LogP contribution in [0.5, 0.6) is 0 Å². The summed E-state index contributed by atoms with van der Waals surface area (Å²) in [5.41, 5.74) is 6.51. The molecule has 1 aromatic heterocycles. The molecule has 3 N–H and O–H groups in total. The smallest absolute Gasteiger partial charge is 0.261 e. The zero-order chi connectivity index (χ0) is 13.9. The highest BCUT2D eigenvalue weighted by Crippen LogP contribution is 2.38. The number of anilines is 1. The molecule has 0 spiro atoms. The third kappa shape index (κ3) is 3.45. The Morgan fingerprint density at radius 1 is 1.47 bits per heavy atom. The van der Waals surface area contributed by atoms with Gasteiger partial charge in [0.1, 0.15) is 0 Å². The molecule has 1 fully saturated rings. The minimum absolute atomic E-state index is 0.0174. The van der Waals surface area contributed by atoms with E-state index in [-0.39, 0.29) is 10.7 Å². The number of nitrogens with two attached hydrogens (primary N) is 1. The Morgan fingerprint density at radius 3 is 2.68 bits per heavy atom. The van der Waals surface area contributed by atoms with Gasteiger partial charge in [-0.3, -0.25) is 4.79 Å². The van der Waals surface area contributed by atoms with Crippen molar-refractivity contribution in [1.29, 1.82) is 0 Å². The Kier molecular flexibility index (Phi) is 4.79. The van der Waals surface area contributed by atoms with Gasteiger partial charge in [-0.1, -0.05) is 19.3 Å². The zero-order valence-corrected chi connectivity index (χ0v) is 13.3. The summed E-state index contributed by atoms with van der Waals surface area (Å²) in [5, 5.41) is 3.10. The summed E-state index contributed by atoms with van der Waals surface area (Å²) in [6, 6.07) is 1.78. The number of thioether (sulfide) groups is 1. The van der Waals surface area contributed by atoms with E-state index in [1.165, 1.54) is 43.4 Å². The van der Waals surface area contributed by atoms with Crippen molar-refractivity contribution in [2.45, 2.75) is 43.8 Å². The van der Waals surface area contributed by atoms with Crippen LogP contribution in [0.4, 0.5) is 5.69 Å². The molecule has 5 heteroatoms. The van der Waals surface area contributed by atoms with Crippen LogP contribution in [0.15, 0.2) is 6.07 Å². The number of thiophene rings is 1. The summed E-state index contributed by atoms with van der Waals surface area (Å²) < 4.78 is 0.242. The van der Waals surface area contributed by atoms with E-state index < -0.39 is 0 Å². The average molecular weight is 298 g/mol. The Morgan fingerprint density at radius 2 is 2.16 bits per heavy atom. The van der Waals surface area contributed by atoms with Gasteiger partial charge in [-0.05, 0) is 32.1 Å². The predicted molar refractivity (Wildman–Crippen MR) is 85.1 cm³/mol. The Balaban J connectivity index is 1.95. The molecule has 3 nitrogen and oxygen atoms in total. The van der Waals surface area contributed by atoms with Crippen LogP contribution in [0.2, 0.25) is 0 Å². The van der Waals surface area contributed by atoms with Crippen molar-refractivity contribution in [2.75, 3.05) is 18.5 Å². The normalized spacial score (nSPS) is 18.2. The summed E-state index contributed by atoms with van der Waals surface area (Å²) in [5.74, 6) is 0.0174. The molecule has 19 heavy (non-hydrogen) atoms. The van der Waals surface area contributed by atoms with Crippen LogP contribution in [0.25, 0.3) is 0 Å². The SMILES string of the molecule is CSC1(CNC(=O)c2cc(N)c(C)s2)CCCCC1. The highest BCUT2D eigenvalue weighted by atomic mass is 32.2. The molecule has 1 aromatic rings. The molecular weight excluding hydrogens is 276 g/mol. The predicted octanol–water partition coefficient (Wildman–Crippen LogP) is 3.43. The van der Waals surface area contributed by atoms with Crippen molar-refractivity contribution >= 4 is 34.7 Å². The van der Waals surface area contributed by atoms with E-state index in [2.05, 4.69) is 11.6 Å². The maximum absolute atomic E-state index is 12.1. The number of hydrogen-bond donors (Lipinski definition) is 2. The van der Waals surface area contributed by atoms with Gasteiger partial charge in [0.25, 0.3) is 5.91 Å². The lowest BCUT2D eigenvalue weighted by molar-refractivity contribution is 0.0951. The van der Waals surface area contributed by atoms with E-state index in [9.17, 15) is 4.79 Å². The molecule has 0 bridgehead atoms. The fourth-order valence-electron chi connectivity index (χ4n) is 2.59. The van der Waals surface area contributed by atoms with Crippen molar-refractivity contribution in [2.24, 2.45) is 0 Å². The van der Waals surface area contributed by atoms with E-state index in [1.807, 2.05) is 18.7 Å². The van der Waals surface area contributed by atoms with Crippen LogP contribution in [-0.4, -0.2) is 23.5 Å². The van der Waals surface area contributed by atoms with Crippen molar-refractivity contribution < 1.29 is 4.79 Å². The summed E-state index contributed by atoms with van der Waals surface area (Å²) >= 11 is 3.37. The number of carbonyl (C=O) groups is 1. The lowest BCUT2D eigenvalue weighted by atomic mass is 9.88. The Bertz CT molecular complexity index is 431. The van der Waals surface area contributed by atoms with Gasteiger partial charge in [0, 0.05) is 21.9 Å². The second-order valence-corrected chi connectivity index (χ2v) is 7.78. The van der Waals surface area contributed by atoms with Gasteiger partial charge in [0.05, 0.1) is 4.88 Å². The molecule has 0 radical (unpaired) electrons. The zero-order valence-electron chi connectivity index (χ0n) is 11.6. The molecule has 0 aliphatic heterocycles. The summed E-state index contributed by atoms with van der Waals surface area (Å²) in [6.45, 7) is 2.71. The molecule has 106 valence electrons. The van der Waals surface area contributed by atoms with Crippen LogP contribution < -0.4 is 11.1 Å². The van der Waals surface area contributed by atoms with Crippen LogP contribution in [-0.2, 0) is 0 Å². The summed E-state index contributed by atoms with van der Waals surface area (Å²) in [7, 11) is 0. The van der Waals surface area contributed by atoms with Crippen LogP contribution >= 0.6 is 23.1 Å². The molecule has 0 atom stereocenters. The van der Waals surface area contributed by atoms with Gasteiger partial charge in [-0.15, -0.1) is 11.3 Å². The van der Waals surface area contributed by atoms with E-state index in [4.69, 9.17) is 5.73 Å². The van der Waals surface area contributed by atoms with E-state index in [0.717, 1.165) is 16.3 Å². The molecule has 0 unspecified atom stereocenters. The summed E-state index contributed by atoms with van der Waals surface area (Å²) in [4.78, 5) is 13.9. The maximum Gasteiger partial charge on any atom is 0.261 e. The Hall–Kier alpha value is -0.680. The molecule has 2 rings (SSSR count). The molecule has 1 saturated carbocycles. The van der Waals surface area contributed by atoms with Crippen LogP contribution in [0, 0.1) is 6.92 Å². The second-order valence-electron chi connectivity index (χ2n) is 5.25. The van der Waals surface area contributed by atoms with Crippen molar-refractivity contribution in [3.8, 4) is 0 Å². The average Bonchev–Trinajstić information content (AvgIpc) is 2.77. The van der Waals surface area contributed by atoms with E-state index >= 15 is 0 Å². The third-order valence-corrected chi connectivity index (χ3v) is 6.43. The molecule has 1 aliphatic carbocycles. The molecule has 1 heterocycles. The van der Waals surface area contributed by atoms with Crippen LogP contribution in [0.3, 0.4) is 0 Å². The van der Waals surface area contributed by atoms with Gasteiger partial charge in [0.15, 0.2) is 0 Å². The quantitative estimate of drug-likeness (QED) is 0.895. The first-order valence-electron chi connectivity index (χ1n) is 6.75. The molecule has 0 aromatic carbocycles. The number of carbonyl (C=O) groups excluding carboxylic acids is 1. The second kappa shape index (κ2) is 6.18. The standard InChI is InChI=1S/C14H22N2OS2/c1-10-11(15)8-12(19-10)13(17)16-9-14(18-2)6-4-3-5-7-14/h8H,3-7,9,15H2,1-2H3,(H,16,17). The van der Waals surface area contributed by atoms with E-state index in [1.54, 1.807) is 6.07 Å². The topological polar surface area (TPSA) is 55.1 Å². The first kappa shape index (κ1) is 14.7. The number of hydrogen-bond acceptors (Lipinski definition) is 4. The minimum atomic E-state index is 0.0174. The molecular formula is C14H22N2OS2. The number of nitrogens with one attached hydrogen (secondary N) is 1. The monoisotopic (exact) mass is 298 g/mol. The summed E-state index contributed by atoms with van der Waals surface area (Å²) in [6.07, 6.45) is 8.46. The fraction of sp³-hybridized carbons (Fsp3) is 0.643. The van der Waals surface area contributed by atoms with Crippen LogP contribution in [0.1, 0.15) is 46.7 Å². The highest BCUT2D eigenvalue weighted by molar-refractivity contribution is 8.00. The van der Waals surface area contributed by atoms with E-state index in [0.29, 0.717) is 5.69 Å². The van der Waals surface area contributed by atoms with Crippen molar-refractivity contribution in [3.63, 3.8) is 0 Å². The lowest BCUT2D eigenvalue weighted by Crippen LogP contribution is -2.41. The highest BCUT2D eigenvalue weighted by Gasteiger charge is 2.31. The van der Waals surface area contributed by atoms with Gasteiger partial charge in [0.2, 0.25) is 0 Å². The Labute approximate surface area is 123 Å². The van der Waals surface area contributed by atoms with Gasteiger partial charge in [-0.2, -0.15) is 11.8 Å². The largest absolute Gasteiger partial charge is 0.398 e. The number of amides is 1. The molecule has 0 saturated heterocycles. The van der Waals surface area contributed by atoms with Gasteiger partial charge in [-0.25, -0.2) is 0 Å². The first-order valence-corrected chi connectivity index (χ1v) is 8.80. The maximum atomic E-state index is 12.1. The first-order chi connectivity index (χ1) is 9.06. The van der Waals surface area contributed by atoms with Gasteiger partial charge < -0.3 is 11.1 Å². The third-order valence-electron chi connectivity index (χ3n) is 3.95. The van der Waals surface area contributed by atoms with Gasteiger partial charge >= 0.3 is 0 Å². The fourth-order valence-corrected chi connectivity index (χ4v) is 4.36. The molecule has 1 amide bonds. The minimum Gasteiger partial charge on any atom is -0.398 e. The molecule has 1 aliphatic rings. The lowest BCUT2D eigenvalue weighted by Gasteiger charge is -2.35. The number of rotatable bonds is 4.